The van der Waals surface area contributed by atoms with Crippen molar-refractivity contribution in [3.05, 3.63) is 125 Å². The first-order valence-corrected chi connectivity index (χ1v) is 44.6. The summed E-state index contributed by atoms with van der Waals surface area (Å²) in [6, 6.07) is 8.52. The number of thioether (sulfide) groups is 2. The van der Waals surface area contributed by atoms with Crippen LogP contribution in [0.4, 0.5) is 0 Å². The van der Waals surface area contributed by atoms with E-state index in [0.29, 0.717) is 148 Å². The van der Waals surface area contributed by atoms with Gasteiger partial charge in [-0.1, -0.05) is 99.6 Å². The highest BCUT2D eigenvalue weighted by Gasteiger charge is 2.65. The second kappa shape index (κ2) is 36.2. The molecule has 7 N–H and O–H groups in total. The van der Waals surface area contributed by atoms with Gasteiger partial charge in [-0.25, -0.2) is 9.59 Å². The number of esters is 4. The third kappa shape index (κ3) is 14.6. The first kappa shape index (κ1) is 90.9. The lowest BCUT2D eigenvalue weighted by atomic mass is 9.71. The van der Waals surface area contributed by atoms with Gasteiger partial charge in [-0.05, 0) is 149 Å². The molecule has 670 valence electrons. The molecule has 6 aromatic carbocycles. The van der Waals surface area contributed by atoms with Crippen molar-refractivity contribution in [1.29, 1.82) is 5.26 Å². The molecule has 2 unspecified atom stereocenters. The zero-order chi connectivity index (χ0) is 85.1. The van der Waals surface area contributed by atoms with E-state index in [4.69, 9.17) is 56.8 Å². The van der Waals surface area contributed by atoms with Crippen LogP contribution in [-0.2, 0) is 65.4 Å². The largest absolute Gasteiger partial charge is 0.504 e. The Labute approximate surface area is 735 Å². The van der Waals surface area contributed by atoms with Crippen LogP contribution in [0.25, 0.3) is 0 Å². The van der Waals surface area contributed by atoms with Crippen molar-refractivity contribution >= 4 is 47.4 Å². The summed E-state index contributed by atoms with van der Waals surface area (Å²) in [6.07, 6.45) is 11.2. The lowest BCUT2D eigenvalue weighted by Crippen LogP contribution is -2.70. The maximum Gasteiger partial charge on any atom is 0.331 e. The number of piperazine rings is 2. The Kier molecular flexibility index (Phi) is 26.6. The van der Waals surface area contributed by atoms with Gasteiger partial charge >= 0.3 is 23.9 Å². The number of carbonyl (C=O) groups excluding carboxylic acids is 4. The van der Waals surface area contributed by atoms with Crippen LogP contribution < -0.4 is 58.0 Å². The maximum absolute atomic E-state index is 14.9. The van der Waals surface area contributed by atoms with Crippen molar-refractivity contribution in [2.75, 3.05) is 93.9 Å². The van der Waals surface area contributed by atoms with Crippen LogP contribution in [0, 0.1) is 39.0 Å². The van der Waals surface area contributed by atoms with E-state index in [1.54, 1.807) is 38.5 Å². The summed E-state index contributed by atoms with van der Waals surface area (Å²) in [7, 11) is 10.0. The van der Waals surface area contributed by atoms with E-state index in [0.717, 1.165) is 90.3 Å². The number of fused-ring (bicyclic) bond motifs is 18. The monoisotopic (exact) mass is 1750 g/mol. The molecule has 0 aromatic heterocycles. The Balaban J connectivity index is 0.000000197. The van der Waals surface area contributed by atoms with Crippen molar-refractivity contribution in [2.24, 2.45) is 0 Å². The lowest BCUT2D eigenvalue weighted by molar-refractivity contribution is -0.186. The number of nitriles is 1. The fraction of sp³-hybridized carbons (Fsp3) is 0.564. The number of hydrogen-bond donors (Lipinski definition) is 7. The topological polar surface area (TPSA) is 341 Å². The number of rotatable bonds is 18. The summed E-state index contributed by atoms with van der Waals surface area (Å²) in [5.41, 5.74) is 9.01. The first-order valence-electron chi connectivity index (χ1n) is 42.5. The molecule has 0 aliphatic carbocycles. The number of aliphatic hydroxyl groups excluding tert-OH is 1. The number of phenols is 4. The Morgan fingerprint density at radius 3 is 1.36 bits per heavy atom. The minimum atomic E-state index is -1.37. The SMILES string of the molecule is C.C.C.CCCCCCCC(=O)Oc1c(C)c2c(c3c1[C@H]1SC[C@]4(NCCc5cc(O)c(OC)cc54)C(=O)OC[C@@H]3N3C1[C@H]1c4c(cc(C)c(OC)c4O)C[C@@H]([C@@H]3C#N)N1C)OCO2.CCCCCCCC(=O)Oc1c(C)c2c(c3c1[C@H]1SC[C@]4(NCCc5cc(O)c(OC)cc54)C(=O)OC[C@@H]3N3C1[C@H]1c4c(cc(C)c(OC)c4O)C[C@@H]([C@@H]3O)N1C)OCO2. The molecule has 14 aliphatic heterocycles. The number of hydrogen-bond acceptors (Lipinski definition) is 30. The number of ether oxygens (including phenoxy) is 12. The number of benzene rings is 6. The predicted octanol–water partition coefficient (Wildman–Crippen LogP) is 14.0. The molecule has 4 fully saturated rings. The summed E-state index contributed by atoms with van der Waals surface area (Å²) < 4.78 is 73.6. The van der Waals surface area contributed by atoms with Crippen molar-refractivity contribution in [3.8, 4) is 86.6 Å². The molecule has 8 bridgehead atoms. The van der Waals surface area contributed by atoms with Gasteiger partial charge in [0.1, 0.15) is 37.0 Å². The number of nitrogens with zero attached hydrogens (tertiary/aromatic N) is 5. The van der Waals surface area contributed by atoms with E-state index in [1.807, 2.05) is 52.8 Å². The first-order chi connectivity index (χ1) is 58.4. The number of methoxy groups -OCH3 is 4. The summed E-state index contributed by atoms with van der Waals surface area (Å²) in [6.45, 7) is 12.3. The molecular formula is C94H121N7O21S2. The number of aromatic hydroxyl groups is 4. The number of aliphatic hydroxyl groups is 1. The van der Waals surface area contributed by atoms with Gasteiger partial charge in [-0.2, -0.15) is 5.26 Å². The summed E-state index contributed by atoms with van der Waals surface area (Å²) in [5.74, 6) is 2.51. The van der Waals surface area contributed by atoms with Crippen LogP contribution in [0.2, 0.25) is 0 Å². The van der Waals surface area contributed by atoms with Gasteiger partial charge in [0.15, 0.2) is 80.1 Å². The molecule has 0 radical (unpaired) electrons. The second-order valence-electron chi connectivity index (χ2n) is 34.1. The van der Waals surface area contributed by atoms with E-state index in [2.05, 4.69) is 51.3 Å². The molecule has 28 nitrogen and oxygen atoms in total. The van der Waals surface area contributed by atoms with Crippen LogP contribution in [-0.4, -0.2) is 199 Å². The van der Waals surface area contributed by atoms with Gasteiger partial charge in [0.25, 0.3) is 0 Å². The standard InChI is InChI=1S/C46H54N4O10S.C45H55N3O11S.3CH4/c1-7-8-9-10-11-12-33(52)60-41-24(3)42-43(59-22-58-42)35-30-20-57-45(54)46(27-18-32(55-5)31(51)17-25(27)13-14-48-46)21-61-44(36(35)41)38-37-34-26(15-23(2)40(56-6)39(34)53)16-28(49(37)4)29(19-47)50(30)38;1-7-8-9-10-11-12-31(50)59-39-23(3)40-41(58-21-57-40)33-28-19-56-44(53)45(26-18-30(54-5)29(49)17-24(26)13-14-46-45)20-60-42(34(33)39)36-35-32-25(15-22(2)38(55-6)37(32)51)16-27(47(35)4)43(52)48(28)36;;;/h15,17-18,28-30,37-38,44,48,51,53H,7-14,16,20-22H2,1-6H3;15,17-18,27-28,35-36,42-43,46,49,51-52H,7-14,16,19-21H2,1-6H3;3*1H4/t28-,29-,30-,37+,38?,44+,46+;27-,28-,35+,36?,42+,43-,45+;;;/m00.../s1. The predicted molar refractivity (Wildman–Crippen MR) is 468 cm³/mol. The van der Waals surface area contributed by atoms with E-state index in [9.17, 15) is 50.0 Å². The molecule has 20 rings (SSSR count). The van der Waals surface area contributed by atoms with E-state index in [1.165, 1.54) is 37.7 Å². The number of phenolic OH excluding ortho intramolecular Hbond substituents is 4. The molecule has 6 aromatic rings. The van der Waals surface area contributed by atoms with Gasteiger partial charge < -0.3 is 82.4 Å². The van der Waals surface area contributed by atoms with E-state index in [-0.39, 0.29) is 126 Å². The molecule has 124 heavy (non-hydrogen) atoms. The average Bonchev–Trinajstić information content (AvgIpc) is 0.927. The van der Waals surface area contributed by atoms with Crippen molar-refractivity contribution in [3.63, 3.8) is 0 Å². The smallest absolute Gasteiger partial charge is 0.331 e. The fourth-order valence-electron chi connectivity index (χ4n) is 22.0. The number of likely N-dealkylation sites (N-methyl/N-ethyl adjacent to an activating group) is 2. The van der Waals surface area contributed by atoms with Gasteiger partial charge in [0, 0.05) is 100 Å². The quantitative estimate of drug-likeness (QED) is 0.0239. The normalized spacial score (nSPS) is 26.8. The molecular weight excluding hydrogens is 1630 g/mol. The van der Waals surface area contributed by atoms with Gasteiger partial charge in [-0.3, -0.25) is 39.8 Å². The highest BCUT2D eigenvalue weighted by Crippen LogP contribution is 2.68. The Hall–Kier alpha value is -9.29. The van der Waals surface area contributed by atoms with E-state index >= 15 is 0 Å². The molecule has 14 aliphatic rings. The molecule has 2 spiro atoms. The van der Waals surface area contributed by atoms with Crippen molar-refractivity contribution in [1.82, 2.24) is 30.2 Å². The van der Waals surface area contributed by atoms with Crippen molar-refractivity contribution < 1.29 is 102 Å². The highest BCUT2D eigenvalue weighted by atomic mass is 32.2. The maximum atomic E-state index is 14.9. The van der Waals surface area contributed by atoms with Gasteiger partial charge in [0.2, 0.25) is 13.6 Å². The molecule has 0 amide bonds. The van der Waals surface area contributed by atoms with Crippen LogP contribution in [0.5, 0.6) is 80.5 Å². The zero-order valence-electron chi connectivity index (χ0n) is 70.7. The minimum absolute atomic E-state index is 0. The molecule has 0 saturated carbocycles. The third-order valence-electron chi connectivity index (χ3n) is 27.6. The summed E-state index contributed by atoms with van der Waals surface area (Å²) in [5, 5.41) is 75.9. The third-order valence-corrected chi connectivity index (χ3v) is 30.6. The summed E-state index contributed by atoms with van der Waals surface area (Å²) in [4.78, 5) is 66.2. The van der Waals surface area contributed by atoms with Gasteiger partial charge in [0.05, 0.1) is 75.2 Å². The molecule has 14 heterocycles. The van der Waals surface area contributed by atoms with Gasteiger partial charge in [-0.15, -0.1) is 23.5 Å². The fourth-order valence-corrected chi connectivity index (χ4v) is 25.4. The Bertz CT molecular complexity index is 5200. The van der Waals surface area contributed by atoms with Crippen molar-refractivity contribution in [2.45, 2.75) is 249 Å². The van der Waals surface area contributed by atoms with Crippen LogP contribution in [0.15, 0.2) is 36.4 Å². The van der Waals surface area contributed by atoms with Crippen LogP contribution in [0.1, 0.15) is 237 Å². The number of carbonyl (C=O) groups is 4. The molecule has 4 saturated heterocycles. The Morgan fingerprint density at radius 1 is 0.524 bits per heavy atom. The number of aryl methyl sites for hydroxylation is 2. The zero-order valence-corrected chi connectivity index (χ0v) is 72.3. The molecule has 30 heteroatoms. The second-order valence-corrected chi connectivity index (χ2v) is 36.4. The van der Waals surface area contributed by atoms with Crippen LogP contribution >= 0.6 is 23.5 Å². The number of unbranched alkanes of at least 4 members (excludes halogenated alkanes) is 8. The minimum Gasteiger partial charge on any atom is -0.504 e. The number of nitrogens with one attached hydrogen (secondary N) is 2. The van der Waals surface area contributed by atoms with E-state index < -0.39 is 88.1 Å². The Morgan fingerprint density at radius 2 is 0.935 bits per heavy atom. The lowest BCUT2D eigenvalue weighted by Gasteiger charge is -2.62. The molecule has 14 atom stereocenters. The highest BCUT2D eigenvalue weighted by molar-refractivity contribution is 7.99. The summed E-state index contributed by atoms with van der Waals surface area (Å²) >= 11 is 3.00. The average molecular weight is 1750 g/mol. The van der Waals surface area contributed by atoms with Crippen LogP contribution in [0.3, 0.4) is 0 Å².